The third-order valence-corrected chi connectivity index (χ3v) is 4.39. The molecular formula is C16H14N2O2S. The first-order valence-corrected chi connectivity index (χ1v) is 8.34. The Hall–Kier alpha value is -2.40. The van der Waals surface area contributed by atoms with Crippen LogP contribution in [0.15, 0.2) is 65.7 Å². The molecule has 0 saturated carbocycles. The average Bonchev–Trinajstić information content (AvgIpc) is 2.98. The summed E-state index contributed by atoms with van der Waals surface area (Å²) in [6.45, 7) is 0. The number of H-pyrrole nitrogens is 1. The summed E-state index contributed by atoms with van der Waals surface area (Å²) in [4.78, 5) is 0.218. The summed E-state index contributed by atoms with van der Waals surface area (Å²) >= 11 is 0. The van der Waals surface area contributed by atoms with Gasteiger partial charge in [0.2, 0.25) is 0 Å². The molecule has 0 atom stereocenters. The number of benzene rings is 2. The van der Waals surface area contributed by atoms with E-state index in [4.69, 9.17) is 0 Å². The molecule has 1 N–H and O–H groups in total. The van der Waals surface area contributed by atoms with Crippen LogP contribution in [-0.4, -0.2) is 24.9 Å². The SMILES string of the molecule is CS(=O)(=O)c1cn[nH]c1-c1ccc(-c2ccccc2)cc1. The topological polar surface area (TPSA) is 62.8 Å². The summed E-state index contributed by atoms with van der Waals surface area (Å²) < 4.78 is 23.4. The lowest BCUT2D eigenvalue weighted by molar-refractivity contribution is 0.602. The molecule has 0 aliphatic rings. The average molecular weight is 298 g/mol. The van der Waals surface area contributed by atoms with E-state index in [0.29, 0.717) is 5.69 Å². The molecule has 4 nitrogen and oxygen atoms in total. The number of nitrogens with zero attached hydrogens (tertiary/aromatic N) is 1. The van der Waals surface area contributed by atoms with E-state index in [1.807, 2.05) is 54.6 Å². The summed E-state index contributed by atoms with van der Waals surface area (Å²) in [6.07, 6.45) is 2.52. The Kier molecular flexibility index (Phi) is 3.35. The van der Waals surface area contributed by atoms with Crippen molar-refractivity contribution < 1.29 is 8.42 Å². The predicted molar refractivity (Wildman–Crippen MR) is 82.6 cm³/mol. The minimum Gasteiger partial charge on any atom is -0.276 e. The van der Waals surface area contributed by atoms with Gasteiger partial charge in [-0.15, -0.1) is 0 Å². The zero-order valence-electron chi connectivity index (χ0n) is 11.4. The molecular weight excluding hydrogens is 284 g/mol. The number of rotatable bonds is 3. The fraction of sp³-hybridized carbons (Fsp3) is 0.0625. The van der Waals surface area contributed by atoms with Gasteiger partial charge in [0.1, 0.15) is 4.90 Å². The minimum absolute atomic E-state index is 0.218. The highest BCUT2D eigenvalue weighted by Crippen LogP contribution is 2.27. The van der Waals surface area contributed by atoms with E-state index in [-0.39, 0.29) is 4.90 Å². The van der Waals surface area contributed by atoms with Crippen LogP contribution in [0.1, 0.15) is 0 Å². The van der Waals surface area contributed by atoms with Gasteiger partial charge in [-0.1, -0.05) is 54.6 Å². The summed E-state index contributed by atoms with van der Waals surface area (Å²) in [6, 6.07) is 17.7. The van der Waals surface area contributed by atoms with Crippen molar-refractivity contribution in [2.75, 3.05) is 6.26 Å². The summed E-state index contributed by atoms with van der Waals surface area (Å²) in [7, 11) is -3.29. The van der Waals surface area contributed by atoms with Crippen LogP contribution in [0.5, 0.6) is 0 Å². The highest BCUT2D eigenvalue weighted by atomic mass is 32.2. The van der Waals surface area contributed by atoms with Gasteiger partial charge >= 0.3 is 0 Å². The van der Waals surface area contributed by atoms with Gasteiger partial charge in [-0.25, -0.2) is 8.42 Å². The van der Waals surface area contributed by atoms with Crippen LogP contribution in [0.2, 0.25) is 0 Å². The Balaban J connectivity index is 2.01. The Bertz CT molecular complexity index is 851. The number of sulfone groups is 1. The lowest BCUT2D eigenvalue weighted by atomic mass is 10.0. The maximum absolute atomic E-state index is 11.7. The Morgan fingerprint density at radius 1 is 0.857 bits per heavy atom. The van der Waals surface area contributed by atoms with E-state index in [9.17, 15) is 8.42 Å². The van der Waals surface area contributed by atoms with Crippen molar-refractivity contribution in [2.24, 2.45) is 0 Å². The van der Waals surface area contributed by atoms with Crippen LogP contribution in [0.3, 0.4) is 0 Å². The summed E-state index contributed by atoms with van der Waals surface area (Å²) in [5.74, 6) is 0. The third-order valence-electron chi connectivity index (χ3n) is 3.28. The van der Waals surface area contributed by atoms with Gasteiger partial charge in [0, 0.05) is 11.8 Å². The van der Waals surface area contributed by atoms with Crippen molar-refractivity contribution in [2.45, 2.75) is 4.90 Å². The Morgan fingerprint density at radius 2 is 1.43 bits per heavy atom. The zero-order valence-corrected chi connectivity index (χ0v) is 12.3. The van der Waals surface area contributed by atoms with Crippen LogP contribution < -0.4 is 0 Å². The van der Waals surface area contributed by atoms with Gasteiger partial charge in [0.25, 0.3) is 0 Å². The number of hydrogen-bond donors (Lipinski definition) is 1. The van der Waals surface area contributed by atoms with Gasteiger partial charge < -0.3 is 0 Å². The molecule has 5 heteroatoms. The molecule has 21 heavy (non-hydrogen) atoms. The molecule has 0 fully saturated rings. The maximum atomic E-state index is 11.7. The summed E-state index contributed by atoms with van der Waals surface area (Å²) in [5.41, 5.74) is 3.53. The molecule has 0 aliphatic carbocycles. The van der Waals surface area contributed by atoms with Crippen LogP contribution in [-0.2, 0) is 9.84 Å². The second-order valence-corrected chi connectivity index (χ2v) is 6.81. The second-order valence-electron chi connectivity index (χ2n) is 4.82. The quantitative estimate of drug-likeness (QED) is 0.808. The lowest BCUT2D eigenvalue weighted by Crippen LogP contribution is -1.97. The van der Waals surface area contributed by atoms with Gasteiger partial charge in [0.15, 0.2) is 9.84 Å². The molecule has 0 saturated heterocycles. The molecule has 0 unspecified atom stereocenters. The molecule has 0 bridgehead atoms. The van der Waals surface area contributed by atoms with E-state index in [1.165, 1.54) is 12.5 Å². The minimum atomic E-state index is -3.29. The van der Waals surface area contributed by atoms with Gasteiger partial charge in [-0.3, -0.25) is 5.10 Å². The standard InChI is InChI=1S/C16H14N2O2S/c1-21(19,20)15-11-17-18-16(15)14-9-7-13(8-10-14)12-5-3-2-4-6-12/h2-11H,1H3,(H,17,18). The molecule has 1 heterocycles. The molecule has 106 valence electrons. The molecule has 3 rings (SSSR count). The predicted octanol–water partition coefficient (Wildman–Crippen LogP) is 3.15. The van der Waals surface area contributed by atoms with Gasteiger partial charge in [-0.2, -0.15) is 5.10 Å². The number of aromatic nitrogens is 2. The smallest absolute Gasteiger partial charge is 0.179 e. The normalized spacial score (nSPS) is 11.5. The van der Waals surface area contributed by atoms with E-state index >= 15 is 0 Å². The van der Waals surface area contributed by atoms with E-state index < -0.39 is 9.84 Å². The van der Waals surface area contributed by atoms with Crippen molar-refractivity contribution >= 4 is 9.84 Å². The van der Waals surface area contributed by atoms with E-state index in [1.54, 1.807) is 0 Å². The van der Waals surface area contributed by atoms with Crippen LogP contribution in [0.4, 0.5) is 0 Å². The Morgan fingerprint density at radius 3 is 2.05 bits per heavy atom. The van der Waals surface area contributed by atoms with Crippen molar-refractivity contribution in [1.29, 1.82) is 0 Å². The fourth-order valence-corrected chi connectivity index (χ4v) is 3.00. The number of hydrogen-bond acceptors (Lipinski definition) is 3. The second kappa shape index (κ2) is 5.18. The van der Waals surface area contributed by atoms with Crippen molar-refractivity contribution in [3.8, 4) is 22.4 Å². The first-order chi connectivity index (χ1) is 10.1. The van der Waals surface area contributed by atoms with Crippen molar-refractivity contribution in [1.82, 2.24) is 10.2 Å². The third kappa shape index (κ3) is 2.73. The Labute approximate surface area is 123 Å². The molecule has 2 aromatic carbocycles. The first-order valence-electron chi connectivity index (χ1n) is 6.45. The highest BCUT2D eigenvalue weighted by molar-refractivity contribution is 7.90. The number of aromatic amines is 1. The largest absolute Gasteiger partial charge is 0.276 e. The van der Waals surface area contributed by atoms with Crippen LogP contribution >= 0.6 is 0 Å². The molecule has 0 amide bonds. The fourth-order valence-electron chi connectivity index (χ4n) is 2.22. The van der Waals surface area contributed by atoms with Crippen molar-refractivity contribution in [3.63, 3.8) is 0 Å². The highest BCUT2D eigenvalue weighted by Gasteiger charge is 2.16. The molecule has 0 aliphatic heterocycles. The van der Waals surface area contributed by atoms with E-state index in [2.05, 4.69) is 10.2 Å². The van der Waals surface area contributed by atoms with Crippen LogP contribution in [0.25, 0.3) is 22.4 Å². The maximum Gasteiger partial charge on any atom is 0.179 e. The summed E-state index contributed by atoms with van der Waals surface area (Å²) in [5, 5.41) is 6.60. The van der Waals surface area contributed by atoms with Gasteiger partial charge in [-0.05, 0) is 11.1 Å². The van der Waals surface area contributed by atoms with E-state index in [0.717, 1.165) is 16.7 Å². The van der Waals surface area contributed by atoms with Crippen molar-refractivity contribution in [3.05, 3.63) is 60.8 Å². The first kappa shape index (κ1) is 13.6. The molecule has 0 spiro atoms. The van der Waals surface area contributed by atoms with Gasteiger partial charge in [0.05, 0.1) is 11.9 Å². The number of nitrogens with one attached hydrogen (secondary N) is 1. The molecule has 3 aromatic rings. The van der Waals surface area contributed by atoms with Crippen LogP contribution in [0, 0.1) is 0 Å². The molecule has 1 aromatic heterocycles. The monoisotopic (exact) mass is 298 g/mol. The molecule has 0 radical (unpaired) electrons. The zero-order chi connectivity index (χ0) is 14.9. The lowest BCUT2D eigenvalue weighted by Gasteiger charge is -2.05.